The van der Waals surface area contributed by atoms with E-state index in [1.165, 1.54) is 0 Å². The summed E-state index contributed by atoms with van der Waals surface area (Å²) < 4.78 is 5.40. The lowest BCUT2D eigenvalue weighted by atomic mass is 10.2. The maximum absolute atomic E-state index is 9.16. The molecule has 0 unspecified atom stereocenters. The van der Waals surface area contributed by atoms with Crippen LogP contribution in [0.15, 0.2) is 18.5 Å². The third-order valence-electron chi connectivity index (χ3n) is 3.99. The first-order valence-corrected chi connectivity index (χ1v) is 6.79. The van der Waals surface area contributed by atoms with Crippen molar-refractivity contribution in [2.75, 3.05) is 44.3 Å². The Kier molecular flexibility index (Phi) is 3.62. The second-order valence-corrected chi connectivity index (χ2v) is 5.04. The highest BCUT2D eigenvalue weighted by molar-refractivity contribution is 5.58. The molecule has 0 bridgehead atoms. The normalized spacial score (nSPS) is 24.4. The Labute approximate surface area is 113 Å². The standard InChI is InChI=1S/C14H18N4O/c15-9-12-1-3-16-10-14(12)18-4-2-13(11-18)17-5-7-19-8-6-17/h1,3,10,13H,2,4-8,11H2/t13-/m1/s1. The van der Waals surface area contributed by atoms with Crippen molar-refractivity contribution in [3.05, 3.63) is 24.0 Å². The van der Waals surface area contributed by atoms with Gasteiger partial charge in [0.05, 0.1) is 30.7 Å². The lowest BCUT2D eigenvalue weighted by Gasteiger charge is -2.32. The number of hydrogen-bond acceptors (Lipinski definition) is 5. The Hall–Kier alpha value is -1.64. The van der Waals surface area contributed by atoms with Crippen LogP contribution in [0.5, 0.6) is 0 Å². The number of morpholine rings is 1. The maximum Gasteiger partial charge on any atom is 0.101 e. The minimum atomic E-state index is 0.579. The number of nitrogens with zero attached hydrogens (tertiary/aromatic N) is 4. The molecule has 2 saturated heterocycles. The third kappa shape index (κ3) is 2.55. The molecule has 0 amide bonds. The third-order valence-corrected chi connectivity index (χ3v) is 3.99. The number of rotatable bonds is 2. The summed E-state index contributed by atoms with van der Waals surface area (Å²) in [6, 6.07) is 4.62. The van der Waals surface area contributed by atoms with Crippen LogP contribution in [0, 0.1) is 11.3 Å². The summed E-state index contributed by atoms with van der Waals surface area (Å²) in [7, 11) is 0. The van der Waals surface area contributed by atoms with Gasteiger partial charge in [0.2, 0.25) is 0 Å². The molecule has 0 aromatic carbocycles. The fraction of sp³-hybridized carbons (Fsp3) is 0.571. The molecule has 3 heterocycles. The summed E-state index contributed by atoms with van der Waals surface area (Å²) in [6.45, 7) is 5.72. The minimum Gasteiger partial charge on any atom is -0.379 e. The molecule has 19 heavy (non-hydrogen) atoms. The molecule has 100 valence electrons. The lowest BCUT2D eigenvalue weighted by molar-refractivity contribution is 0.0209. The predicted octanol–water partition coefficient (Wildman–Crippen LogP) is 0.864. The van der Waals surface area contributed by atoms with Gasteiger partial charge in [0.15, 0.2) is 0 Å². The summed E-state index contributed by atoms with van der Waals surface area (Å²) in [6.07, 6.45) is 4.64. The molecule has 3 rings (SSSR count). The number of anilines is 1. The average molecular weight is 258 g/mol. The highest BCUT2D eigenvalue weighted by Crippen LogP contribution is 2.25. The van der Waals surface area contributed by atoms with Crippen molar-refractivity contribution in [2.45, 2.75) is 12.5 Å². The molecule has 0 spiro atoms. The van der Waals surface area contributed by atoms with Gasteiger partial charge in [-0.15, -0.1) is 0 Å². The van der Waals surface area contributed by atoms with Crippen LogP contribution in [0.3, 0.4) is 0 Å². The van der Waals surface area contributed by atoms with Crippen molar-refractivity contribution < 1.29 is 4.74 Å². The van der Waals surface area contributed by atoms with Gasteiger partial charge in [-0.2, -0.15) is 5.26 Å². The Bertz CT molecular complexity index is 479. The second-order valence-electron chi connectivity index (χ2n) is 5.04. The van der Waals surface area contributed by atoms with Crippen molar-refractivity contribution in [3.63, 3.8) is 0 Å². The molecule has 0 radical (unpaired) electrons. The monoisotopic (exact) mass is 258 g/mol. The number of hydrogen-bond donors (Lipinski definition) is 0. The zero-order chi connectivity index (χ0) is 13.1. The highest BCUT2D eigenvalue weighted by atomic mass is 16.5. The van der Waals surface area contributed by atoms with Gasteiger partial charge in [-0.1, -0.05) is 0 Å². The Morgan fingerprint density at radius 2 is 2.16 bits per heavy atom. The first-order chi connectivity index (χ1) is 9.38. The Morgan fingerprint density at radius 1 is 1.32 bits per heavy atom. The predicted molar refractivity (Wildman–Crippen MR) is 72.0 cm³/mol. The molecule has 1 aromatic heterocycles. The van der Waals surface area contributed by atoms with Gasteiger partial charge in [-0.05, 0) is 12.5 Å². The summed E-state index contributed by atoms with van der Waals surface area (Å²) in [4.78, 5) is 8.94. The van der Waals surface area contributed by atoms with Crippen LogP contribution in [0.2, 0.25) is 0 Å². The molecule has 2 aliphatic heterocycles. The van der Waals surface area contributed by atoms with Crippen LogP contribution in [0.1, 0.15) is 12.0 Å². The molecule has 2 fully saturated rings. The molecule has 1 aromatic rings. The van der Waals surface area contributed by atoms with E-state index in [4.69, 9.17) is 10.00 Å². The summed E-state index contributed by atoms with van der Waals surface area (Å²) in [5, 5.41) is 9.16. The van der Waals surface area contributed by atoms with E-state index >= 15 is 0 Å². The molecule has 5 nitrogen and oxygen atoms in total. The summed E-state index contributed by atoms with van der Waals surface area (Å²) in [5.74, 6) is 0. The molecule has 0 N–H and O–H groups in total. The van der Waals surface area contributed by atoms with Crippen molar-refractivity contribution >= 4 is 5.69 Å². The molecule has 0 saturated carbocycles. The Morgan fingerprint density at radius 3 is 2.95 bits per heavy atom. The minimum absolute atomic E-state index is 0.579. The van der Waals surface area contributed by atoms with E-state index in [2.05, 4.69) is 20.9 Å². The van der Waals surface area contributed by atoms with E-state index in [9.17, 15) is 0 Å². The van der Waals surface area contributed by atoms with Crippen LogP contribution in [-0.4, -0.2) is 55.3 Å². The molecule has 1 atom stereocenters. The van der Waals surface area contributed by atoms with E-state index in [0.717, 1.165) is 57.1 Å². The zero-order valence-electron chi connectivity index (χ0n) is 11.0. The van der Waals surface area contributed by atoms with Gasteiger partial charge < -0.3 is 9.64 Å². The van der Waals surface area contributed by atoms with Crippen LogP contribution >= 0.6 is 0 Å². The van der Waals surface area contributed by atoms with Gasteiger partial charge in [-0.3, -0.25) is 9.88 Å². The fourth-order valence-corrected chi connectivity index (χ4v) is 2.93. The van der Waals surface area contributed by atoms with Gasteiger partial charge in [0.25, 0.3) is 0 Å². The number of nitriles is 1. The van der Waals surface area contributed by atoms with E-state index in [1.807, 2.05) is 0 Å². The first-order valence-electron chi connectivity index (χ1n) is 6.79. The fourth-order valence-electron chi connectivity index (χ4n) is 2.93. The molecule has 5 heteroatoms. The van der Waals surface area contributed by atoms with Gasteiger partial charge in [0, 0.05) is 38.4 Å². The quantitative estimate of drug-likeness (QED) is 0.787. The van der Waals surface area contributed by atoms with Crippen LogP contribution in [-0.2, 0) is 4.74 Å². The van der Waals surface area contributed by atoms with Crippen LogP contribution in [0.4, 0.5) is 5.69 Å². The Balaban J connectivity index is 1.70. The SMILES string of the molecule is N#Cc1ccncc1N1CC[C@@H](N2CCOCC2)C1. The topological polar surface area (TPSA) is 52.4 Å². The molecule has 0 aliphatic carbocycles. The number of aromatic nitrogens is 1. The maximum atomic E-state index is 9.16. The van der Waals surface area contributed by atoms with Crippen molar-refractivity contribution in [1.29, 1.82) is 5.26 Å². The largest absolute Gasteiger partial charge is 0.379 e. The van der Waals surface area contributed by atoms with E-state index < -0.39 is 0 Å². The van der Waals surface area contributed by atoms with Crippen LogP contribution in [0.25, 0.3) is 0 Å². The van der Waals surface area contributed by atoms with E-state index in [0.29, 0.717) is 6.04 Å². The molecule has 2 aliphatic rings. The second kappa shape index (κ2) is 5.55. The van der Waals surface area contributed by atoms with Crippen LogP contribution < -0.4 is 4.90 Å². The lowest BCUT2D eigenvalue weighted by Crippen LogP contribution is -2.44. The van der Waals surface area contributed by atoms with E-state index in [-0.39, 0.29) is 0 Å². The summed E-state index contributed by atoms with van der Waals surface area (Å²) in [5.41, 5.74) is 1.69. The highest BCUT2D eigenvalue weighted by Gasteiger charge is 2.29. The zero-order valence-corrected chi connectivity index (χ0v) is 11.0. The van der Waals surface area contributed by atoms with Gasteiger partial charge in [0.1, 0.15) is 6.07 Å². The number of ether oxygens (including phenoxy) is 1. The number of pyridine rings is 1. The molecular formula is C14H18N4O. The van der Waals surface area contributed by atoms with Crippen molar-refractivity contribution in [2.24, 2.45) is 0 Å². The van der Waals surface area contributed by atoms with Crippen molar-refractivity contribution in [3.8, 4) is 6.07 Å². The van der Waals surface area contributed by atoms with Gasteiger partial charge >= 0.3 is 0 Å². The molecular weight excluding hydrogens is 240 g/mol. The summed E-state index contributed by atoms with van der Waals surface area (Å²) >= 11 is 0. The van der Waals surface area contributed by atoms with Gasteiger partial charge in [-0.25, -0.2) is 0 Å². The average Bonchev–Trinajstić information content (AvgIpc) is 2.98. The van der Waals surface area contributed by atoms with E-state index in [1.54, 1.807) is 18.5 Å². The smallest absolute Gasteiger partial charge is 0.101 e. The first kappa shape index (κ1) is 12.4. The van der Waals surface area contributed by atoms with Crippen molar-refractivity contribution in [1.82, 2.24) is 9.88 Å².